The minimum atomic E-state index is 0. The van der Waals surface area contributed by atoms with Gasteiger partial charge in [-0.05, 0) is 50.3 Å². The fourth-order valence-electron chi connectivity index (χ4n) is 3.64. The zero-order valence-electron chi connectivity index (χ0n) is 19.4. The maximum Gasteiger partial charge on any atom is 0.190 e. The van der Waals surface area contributed by atoms with Gasteiger partial charge < -0.3 is 25.0 Å². The van der Waals surface area contributed by atoms with Crippen LogP contribution in [0.3, 0.4) is 0 Å². The Kier molecular flexibility index (Phi) is 11.9. The van der Waals surface area contributed by atoms with Crippen molar-refractivity contribution in [1.82, 2.24) is 15.6 Å². The molecule has 0 amide bonds. The Morgan fingerprint density at radius 3 is 2.66 bits per heavy atom. The fraction of sp³-hybridized carbons (Fsp3) is 0.565. The molecule has 0 atom stereocenters. The Morgan fingerprint density at radius 1 is 1.16 bits per heavy atom. The van der Waals surface area contributed by atoms with Gasteiger partial charge in [-0.25, -0.2) is 4.98 Å². The molecule has 1 aliphatic rings. The summed E-state index contributed by atoms with van der Waals surface area (Å²) in [6.07, 6.45) is 5.43. The van der Waals surface area contributed by atoms with Crippen LogP contribution < -0.4 is 25.0 Å². The first-order valence-electron chi connectivity index (χ1n) is 11.2. The molecule has 2 heterocycles. The summed E-state index contributed by atoms with van der Waals surface area (Å²) in [6.45, 7) is 6.57. The van der Waals surface area contributed by atoms with Crippen molar-refractivity contribution >= 4 is 46.4 Å². The zero-order chi connectivity index (χ0) is 21.9. The van der Waals surface area contributed by atoms with Crippen molar-refractivity contribution in [3.05, 3.63) is 34.8 Å². The molecule has 1 aromatic heterocycles. The number of aliphatic imine (C=N–C) groups is 1. The van der Waals surface area contributed by atoms with E-state index in [1.165, 1.54) is 23.5 Å². The second-order valence-corrected chi connectivity index (χ2v) is 8.35. The van der Waals surface area contributed by atoms with Crippen molar-refractivity contribution < 1.29 is 9.47 Å². The number of aryl methyl sites for hydroxylation is 1. The minimum absolute atomic E-state index is 0. The lowest BCUT2D eigenvalue weighted by atomic mass is 10.1. The molecule has 32 heavy (non-hydrogen) atoms. The van der Waals surface area contributed by atoms with Gasteiger partial charge in [-0.2, -0.15) is 0 Å². The summed E-state index contributed by atoms with van der Waals surface area (Å²) in [4.78, 5) is 11.5. The Bertz CT molecular complexity index is 840. The topological polar surface area (TPSA) is 71.0 Å². The average Bonchev–Trinajstić information content (AvgIpc) is 3.48. The van der Waals surface area contributed by atoms with Gasteiger partial charge in [0.1, 0.15) is 0 Å². The van der Waals surface area contributed by atoms with E-state index in [4.69, 9.17) is 14.5 Å². The number of hydrogen-bond acceptors (Lipinski definition) is 6. The van der Waals surface area contributed by atoms with Gasteiger partial charge in [0.05, 0.1) is 19.4 Å². The number of aromatic nitrogens is 1. The smallest absolute Gasteiger partial charge is 0.190 e. The van der Waals surface area contributed by atoms with Crippen LogP contribution in [0.2, 0.25) is 0 Å². The Labute approximate surface area is 213 Å². The van der Waals surface area contributed by atoms with Gasteiger partial charge in [0, 0.05) is 45.0 Å². The maximum absolute atomic E-state index is 5.66. The molecule has 0 saturated carbocycles. The summed E-state index contributed by atoms with van der Waals surface area (Å²) >= 11 is 1.76. The van der Waals surface area contributed by atoms with E-state index in [0.29, 0.717) is 6.61 Å². The first-order chi connectivity index (χ1) is 15.2. The monoisotopic (exact) mass is 573 g/mol. The van der Waals surface area contributed by atoms with Crippen LogP contribution in [0.15, 0.2) is 28.6 Å². The number of nitrogens with one attached hydrogen (secondary N) is 2. The van der Waals surface area contributed by atoms with Crippen LogP contribution in [0.4, 0.5) is 5.13 Å². The largest absolute Gasteiger partial charge is 0.493 e. The molecule has 0 bridgehead atoms. The molecule has 178 valence electrons. The minimum Gasteiger partial charge on any atom is -0.493 e. The van der Waals surface area contributed by atoms with E-state index in [0.717, 1.165) is 68.6 Å². The highest BCUT2D eigenvalue weighted by Gasteiger charge is 2.15. The van der Waals surface area contributed by atoms with Gasteiger partial charge in [-0.15, -0.1) is 35.3 Å². The lowest BCUT2D eigenvalue weighted by Gasteiger charge is -2.13. The summed E-state index contributed by atoms with van der Waals surface area (Å²) in [6, 6.07) is 6.14. The van der Waals surface area contributed by atoms with Crippen LogP contribution in [0.25, 0.3) is 0 Å². The number of methoxy groups -OCH3 is 1. The molecule has 1 fully saturated rings. The van der Waals surface area contributed by atoms with E-state index in [1.54, 1.807) is 18.4 Å². The van der Waals surface area contributed by atoms with E-state index in [9.17, 15) is 0 Å². The Hall–Kier alpha value is -1.75. The second-order valence-electron chi connectivity index (χ2n) is 7.51. The molecule has 0 spiro atoms. The summed E-state index contributed by atoms with van der Waals surface area (Å²) in [7, 11) is 3.47. The number of rotatable bonds is 11. The first kappa shape index (κ1) is 26.5. The van der Waals surface area contributed by atoms with Gasteiger partial charge in [0.25, 0.3) is 0 Å². The normalized spacial score (nSPS) is 13.6. The highest BCUT2D eigenvalue weighted by Crippen LogP contribution is 2.28. The van der Waals surface area contributed by atoms with Crippen molar-refractivity contribution in [2.75, 3.05) is 51.8 Å². The quantitative estimate of drug-likeness (QED) is 0.183. The molecular weight excluding hydrogens is 537 g/mol. The van der Waals surface area contributed by atoms with Gasteiger partial charge in [-0.1, -0.05) is 6.07 Å². The standard InChI is InChI=1S/C23H35N5O2S.HI/c1-4-30-21-16-18(9-10-20(21)29-3)8-7-12-25-22(24-2)26-13-11-19-17-31-23(27-19)28-14-5-6-15-28;/h9-10,16-17H,4-8,11-15H2,1-3H3,(H2,24,25,26);1H. The molecule has 0 unspecified atom stereocenters. The molecule has 1 aliphatic heterocycles. The summed E-state index contributed by atoms with van der Waals surface area (Å²) in [5, 5.41) is 10.1. The van der Waals surface area contributed by atoms with E-state index in [-0.39, 0.29) is 24.0 Å². The summed E-state index contributed by atoms with van der Waals surface area (Å²) in [5.41, 5.74) is 2.39. The summed E-state index contributed by atoms with van der Waals surface area (Å²) in [5.74, 6) is 2.42. The third kappa shape index (κ3) is 7.99. The predicted octanol–water partition coefficient (Wildman–Crippen LogP) is 4.11. The van der Waals surface area contributed by atoms with Crippen LogP contribution in [0.5, 0.6) is 11.5 Å². The highest BCUT2D eigenvalue weighted by atomic mass is 127. The maximum atomic E-state index is 5.66. The van der Waals surface area contributed by atoms with Crippen molar-refractivity contribution in [3.63, 3.8) is 0 Å². The molecule has 0 radical (unpaired) electrons. The molecule has 9 heteroatoms. The zero-order valence-corrected chi connectivity index (χ0v) is 22.5. The van der Waals surface area contributed by atoms with Crippen LogP contribution in [0.1, 0.15) is 37.4 Å². The lowest BCUT2D eigenvalue weighted by Crippen LogP contribution is -2.38. The van der Waals surface area contributed by atoms with E-state index in [2.05, 4.69) is 38.0 Å². The average molecular weight is 574 g/mol. The number of nitrogens with zero attached hydrogens (tertiary/aromatic N) is 3. The molecule has 7 nitrogen and oxygen atoms in total. The number of ether oxygens (including phenoxy) is 2. The van der Waals surface area contributed by atoms with Crippen LogP contribution in [0, 0.1) is 0 Å². The van der Waals surface area contributed by atoms with Crippen LogP contribution >= 0.6 is 35.3 Å². The van der Waals surface area contributed by atoms with Crippen molar-refractivity contribution in [3.8, 4) is 11.5 Å². The first-order valence-corrected chi connectivity index (χ1v) is 12.0. The van der Waals surface area contributed by atoms with Crippen LogP contribution in [-0.2, 0) is 12.8 Å². The predicted molar refractivity (Wildman–Crippen MR) is 145 cm³/mol. The Morgan fingerprint density at radius 2 is 1.94 bits per heavy atom. The van der Waals surface area contributed by atoms with E-state index in [1.807, 2.05) is 20.0 Å². The SMILES string of the molecule is CCOc1cc(CCCNC(=NC)NCCc2csc(N3CCCC3)n2)ccc1OC.I. The molecule has 0 aliphatic carbocycles. The Balaban J connectivity index is 0.00000363. The summed E-state index contributed by atoms with van der Waals surface area (Å²) < 4.78 is 11.0. The number of thiazole rings is 1. The molecule has 1 saturated heterocycles. The van der Waals surface area contributed by atoms with Gasteiger partial charge in [0.15, 0.2) is 22.6 Å². The van der Waals surface area contributed by atoms with Crippen molar-refractivity contribution in [2.45, 2.75) is 39.0 Å². The number of hydrogen-bond donors (Lipinski definition) is 2. The van der Waals surface area contributed by atoms with Gasteiger partial charge >= 0.3 is 0 Å². The molecular formula is C23H36IN5O2S. The molecule has 2 N–H and O–H groups in total. The number of anilines is 1. The third-order valence-corrected chi connectivity index (χ3v) is 6.23. The molecule has 3 rings (SSSR count). The highest BCUT2D eigenvalue weighted by molar-refractivity contribution is 14.0. The second kappa shape index (κ2) is 14.4. The van der Waals surface area contributed by atoms with Crippen molar-refractivity contribution in [1.29, 1.82) is 0 Å². The van der Waals surface area contributed by atoms with Gasteiger partial charge in [-0.3, -0.25) is 4.99 Å². The molecule has 1 aromatic carbocycles. The lowest BCUT2D eigenvalue weighted by molar-refractivity contribution is 0.310. The van der Waals surface area contributed by atoms with Crippen molar-refractivity contribution in [2.24, 2.45) is 4.99 Å². The van der Waals surface area contributed by atoms with Gasteiger partial charge in [0.2, 0.25) is 0 Å². The number of benzene rings is 1. The van der Waals surface area contributed by atoms with E-state index < -0.39 is 0 Å². The molecule has 2 aromatic rings. The fourth-order valence-corrected chi connectivity index (χ4v) is 4.55. The number of guanidine groups is 1. The van der Waals surface area contributed by atoms with Crippen LogP contribution in [-0.4, -0.2) is 57.9 Å². The third-order valence-electron chi connectivity index (χ3n) is 5.28. The number of halogens is 1. The van der Waals surface area contributed by atoms with E-state index >= 15 is 0 Å².